The van der Waals surface area contributed by atoms with Crippen molar-refractivity contribution in [2.75, 3.05) is 13.7 Å². The third kappa shape index (κ3) is 1.45. The molecule has 1 aliphatic rings. The number of nitrogens with one attached hydrogen (secondary N) is 1. The standard InChI is InChI=1S/C9H11NO3/c1-12-9(11)7-4-6-2-3-10-5-8(6)13-7/h4,10H,2-3,5H2,1H3. The second kappa shape index (κ2) is 3.22. The van der Waals surface area contributed by atoms with Crippen LogP contribution in [0.2, 0.25) is 0 Å². The molecule has 4 nitrogen and oxygen atoms in total. The van der Waals surface area contributed by atoms with E-state index in [0.29, 0.717) is 12.3 Å². The molecular formula is C9H11NO3. The van der Waals surface area contributed by atoms with Gasteiger partial charge in [0.15, 0.2) is 0 Å². The maximum Gasteiger partial charge on any atom is 0.373 e. The third-order valence-electron chi connectivity index (χ3n) is 2.14. The first kappa shape index (κ1) is 8.31. The average molecular weight is 181 g/mol. The number of carbonyl (C=O) groups excluding carboxylic acids is 1. The fraction of sp³-hybridized carbons (Fsp3) is 0.444. The van der Waals surface area contributed by atoms with Crippen molar-refractivity contribution in [3.05, 3.63) is 23.2 Å². The van der Waals surface area contributed by atoms with E-state index in [1.807, 2.05) is 0 Å². The second-order valence-electron chi connectivity index (χ2n) is 2.98. The molecule has 13 heavy (non-hydrogen) atoms. The summed E-state index contributed by atoms with van der Waals surface area (Å²) in [6.45, 7) is 1.64. The zero-order valence-corrected chi connectivity index (χ0v) is 7.42. The molecular weight excluding hydrogens is 170 g/mol. The Morgan fingerprint density at radius 2 is 2.54 bits per heavy atom. The van der Waals surface area contributed by atoms with Crippen LogP contribution in [0.15, 0.2) is 10.5 Å². The molecule has 1 N–H and O–H groups in total. The number of furan rings is 1. The minimum Gasteiger partial charge on any atom is -0.463 e. The first-order valence-electron chi connectivity index (χ1n) is 4.22. The Kier molecular flexibility index (Phi) is 2.06. The number of fused-ring (bicyclic) bond motifs is 1. The van der Waals surface area contributed by atoms with Crippen molar-refractivity contribution < 1.29 is 13.9 Å². The van der Waals surface area contributed by atoms with Gasteiger partial charge in [0.1, 0.15) is 5.76 Å². The van der Waals surface area contributed by atoms with E-state index < -0.39 is 5.97 Å². The molecule has 0 spiro atoms. The van der Waals surface area contributed by atoms with Gasteiger partial charge in [-0.15, -0.1) is 0 Å². The SMILES string of the molecule is COC(=O)c1cc2c(o1)CNCC2. The Labute approximate surface area is 75.9 Å². The van der Waals surface area contributed by atoms with Gasteiger partial charge in [0.2, 0.25) is 5.76 Å². The van der Waals surface area contributed by atoms with Crippen molar-refractivity contribution in [3.8, 4) is 0 Å². The van der Waals surface area contributed by atoms with E-state index in [-0.39, 0.29) is 0 Å². The van der Waals surface area contributed by atoms with Gasteiger partial charge in [-0.25, -0.2) is 4.79 Å². The van der Waals surface area contributed by atoms with E-state index in [9.17, 15) is 4.79 Å². The first-order chi connectivity index (χ1) is 6.31. The van der Waals surface area contributed by atoms with Gasteiger partial charge >= 0.3 is 5.97 Å². The van der Waals surface area contributed by atoms with Gasteiger partial charge < -0.3 is 14.5 Å². The Bertz CT molecular complexity index is 306. The Morgan fingerprint density at radius 3 is 3.23 bits per heavy atom. The highest BCUT2D eigenvalue weighted by atomic mass is 16.5. The normalized spacial score (nSPS) is 15.2. The van der Waals surface area contributed by atoms with Gasteiger partial charge in [-0.05, 0) is 24.6 Å². The molecule has 0 atom stereocenters. The fourth-order valence-electron chi connectivity index (χ4n) is 1.45. The fourth-order valence-corrected chi connectivity index (χ4v) is 1.45. The molecule has 70 valence electrons. The number of hydrogen-bond acceptors (Lipinski definition) is 4. The van der Waals surface area contributed by atoms with Crippen LogP contribution in [0.25, 0.3) is 0 Å². The minimum atomic E-state index is -0.408. The predicted molar refractivity (Wildman–Crippen MR) is 45.5 cm³/mol. The summed E-state index contributed by atoms with van der Waals surface area (Å²) in [5, 5.41) is 3.17. The lowest BCUT2D eigenvalue weighted by Gasteiger charge is -2.09. The Morgan fingerprint density at radius 1 is 1.69 bits per heavy atom. The molecule has 0 unspecified atom stereocenters. The van der Waals surface area contributed by atoms with Crippen molar-refractivity contribution in [1.29, 1.82) is 0 Å². The maximum absolute atomic E-state index is 11.1. The van der Waals surface area contributed by atoms with Gasteiger partial charge in [-0.2, -0.15) is 0 Å². The summed E-state index contributed by atoms with van der Waals surface area (Å²) in [5.41, 5.74) is 1.11. The lowest BCUT2D eigenvalue weighted by molar-refractivity contribution is 0.0563. The smallest absolute Gasteiger partial charge is 0.373 e. The predicted octanol–water partition coefficient (Wildman–Crippen LogP) is 0.712. The topological polar surface area (TPSA) is 51.5 Å². The van der Waals surface area contributed by atoms with Crippen LogP contribution in [0.3, 0.4) is 0 Å². The summed E-state index contributed by atoms with van der Waals surface area (Å²) < 4.78 is 9.88. The molecule has 2 rings (SSSR count). The lowest BCUT2D eigenvalue weighted by Crippen LogP contribution is -2.22. The average Bonchev–Trinajstić information content (AvgIpc) is 2.59. The molecule has 0 aliphatic carbocycles. The zero-order chi connectivity index (χ0) is 9.26. The van der Waals surface area contributed by atoms with Crippen LogP contribution in [0.1, 0.15) is 21.9 Å². The lowest BCUT2D eigenvalue weighted by atomic mass is 10.1. The van der Waals surface area contributed by atoms with E-state index in [2.05, 4.69) is 10.1 Å². The van der Waals surface area contributed by atoms with Crippen molar-refractivity contribution in [1.82, 2.24) is 5.32 Å². The van der Waals surface area contributed by atoms with Gasteiger partial charge in [0.25, 0.3) is 0 Å². The molecule has 0 saturated heterocycles. The van der Waals surface area contributed by atoms with Gasteiger partial charge in [0, 0.05) is 0 Å². The van der Waals surface area contributed by atoms with Gasteiger partial charge in [-0.1, -0.05) is 0 Å². The highest BCUT2D eigenvalue weighted by molar-refractivity contribution is 5.86. The maximum atomic E-state index is 11.1. The highest BCUT2D eigenvalue weighted by Crippen LogP contribution is 2.19. The van der Waals surface area contributed by atoms with Crippen LogP contribution in [0, 0.1) is 0 Å². The summed E-state index contributed by atoms with van der Waals surface area (Å²) in [4.78, 5) is 11.1. The minimum absolute atomic E-state index is 0.302. The molecule has 1 aromatic rings. The number of methoxy groups -OCH3 is 1. The van der Waals surface area contributed by atoms with E-state index in [0.717, 1.165) is 24.3 Å². The molecule has 0 amide bonds. The van der Waals surface area contributed by atoms with Crippen molar-refractivity contribution >= 4 is 5.97 Å². The number of hydrogen-bond donors (Lipinski definition) is 1. The number of esters is 1. The molecule has 1 aromatic heterocycles. The van der Waals surface area contributed by atoms with Crippen LogP contribution in [-0.4, -0.2) is 19.6 Å². The molecule has 2 heterocycles. The van der Waals surface area contributed by atoms with Gasteiger partial charge in [-0.3, -0.25) is 0 Å². The quantitative estimate of drug-likeness (QED) is 0.648. The van der Waals surface area contributed by atoms with E-state index in [4.69, 9.17) is 4.42 Å². The van der Waals surface area contributed by atoms with E-state index in [1.54, 1.807) is 6.07 Å². The Balaban J connectivity index is 2.30. The van der Waals surface area contributed by atoms with E-state index >= 15 is 0 Å². The molecule has 0 saturated carbocycles. The van der Waals surface area contributed by atoms with Crippen LogP contribution < -0.4 is 5.32 Å². The van der Waals surface area contributed by atoms with Crippen LogP contribution in [0.5, 0.6) is 0 Å². The van der Waals surface area contributed by atoms with Crippen molar-refractivity contribution in [2.45, 2.75) is 13.0 Å². The third-order valence-corrected chi connectivity index (χ3v) is 2.14. The summed E-state index contributed by atoms with van der Waals surface area (Å²) in [6.07, 6.45) is 0.913. The summed E-state index contributed by atoms with van der Waals surface area (Å²) >= 11 is 0. The number of ether oxygens (including phenoxy) is 1. The summed E-state index contributed by atoms with van der Waals surface area (Å²) in [5.74, 6) is 0.747. The molecule has 0 bridgehead atoms. The van der Waals surface area contributed by atoms with Crippen molar-refractivity contribution in [3.63, 3.8) is 0 Å². The van der Waals surface area contributed by atoms with E-state index in [1.165, 1.54) is 7.11 Å². The number of carbonyl (C=O) groups is 1. The molecule has 4 heteroatoms. The first-order valence-corrected chi connectivity index (χ1v) is 4.22. The number of rotatable bonds is 1. The van der Waals surface area contributed by atoms with Crippen LogP contribution in [0.4, 0.5) is 0 Å². The molecule has 0 aromatic carbocycles. The monoisotopic (exact) mass is 181 g/mol. The zero-order valence-electron chi connectivity index (χ0n) is 7.42. The second-order valence-corrected chi connectivity index (χ2v) is 2.98. The summed E-state index contributed by atoms with van der Waals surface area (Å²) in [7, 11) is 1.35. The molecule has 1 aliphatic heterocycles. The van der Waals surface area contributed by atoms with Gasteiger partial charge in [0.05, 0.1) is 13.7 Å². The van der Waals surface area contributed by atoms with Crippen molar-refractivity contribution in [2.24, 2.45) is 0 Å². The molecule has 0 fully saturated rings. The Hall–Kier alpha value is -1.29. The largest absolute Gasteiger partial charge is 0.463 e. The van der Waals surface area contributed by atoms with Crippen LogP contribution in [-0.2, 0) is 17.7 Å². The highest BCUT2D eigenvalue weighted by Gasteiger charge is 2.18. The van der Waals surface area contributed by atoms with Crippen LogP contribution >= 0.6 is 0 Å². The summed E-state index contributed by atoms with van der Waals surface area (Å²) in [6, 6.07) is 1.77. The molecule has 0 radical (unpaired) electrons.